The zero-order valence-corrected chi connectivity index (χ0v) is 12.6. The first-order valence-electron chi connectivity index (χ1n) is 6.64. The van der Waals surface area contributed by atoms with Crippen LogP contribution in [0.15, 0.2) is 71.2 Å². The van der Waals surface area contributed by atoms with Crippen molar-refractivity contribution in [2.75, 3.05) is 0 Å². The van der Waals surface area contributed by atoms with E-state index in [1.807, 2.05) is 54.6 Å². The Labute approximate surface area is 131 Å². The lowest BCUT2D eigenvalue weighted by Gasteiger charge is -2.21. The molecule has 21 heavy (non-hydrogen) atoms. The molecule has 3 aromatic rings. The fraction of sp³-hybridized carbons (Fsp3) is 0. The van der Waals surface area contributed by atoms with E-state index in [-0.39, 0.29) is 0 Å². The second kappa shape index (κ2) is 4.93. The van der Waals surface area contributed by atoms with E-state index in [1.54, 1.807) is 0 Å². The molecule has 0 spiro atoms. The summed E-state index contributed by atoms with van der Waals surface area (Å²) in [5.74, 6) is 2.94. The van der Waals surface area contributed by atoms with Gasteiger partial charge in [-0.25, -0.2) is 0 Å². The van der Waals surface area contributed by atoms with E-state index in [4.69, 9.17) is 9.47 Å². The fourth-order valence-electron chi connectivity index (χ4n) is 2.37. The number of ether oxygens (including phenoxy) is 2. The van der Waals surface area contributed by atoms with Crippen molar-refractivity contribution >= 4 is 15.9 Å². The van der Waals surface area contributed by atoms with Gasteiger partial charge in [0.25, 0.3) is 0 Å². The molecule has 0 fully saturated rings. The third-order valence-corrected chi connectivity index (χ3v) is 3.89. The Hall–Kier alpha value is -2.26. The molecular formula is C18H11BrO2. The third-order valence-electron chi connectivity index (χ3n) is 3.40. The minimum absolute atomic E-state index is 0.726. The summed E-state index contributed by atoms with van der Waals surface area (Å²) in [6, 6.07) is 22.0. The van der Waals surface area contributed by atoms with Gasteiger partial charge in [0.15, 0.2) is 23.0 Å². The Morgan fingerprint density at radius 1 is 0.571 bits per heavy atom. The average Bonchev–Trinajstić information content (AvgIpc) is 2.53. The number of hydrogen-bond donors (Lipinski definition) is 0. The maximum absolute atomic E-state index is 5.95. The van der Waals surface area contributed by atoms with Gasteiger partial charge in [-0.3, -0.25) is 0 Å². The topological polar surface area (TPSA) is 18.5 Å². The molecule has 0 saturated carbocycles. The van der Waals surface area contributed by atoms with Crippen LogP contribution in [0.3, 0.4) is 0 Å². The van der Waals surface area contributed by atoms with Gasteiger partial charge in [-0.15, -0.1) is 0 Å². The fourth-order valence-corrected chi connectivity index (χ4v) is 2.71. The highest BCUT2D eigenvalue weighted by molar-refractivity contribution is 9.10. The molecule has 2 nitrogen and oxygen atoms in total. The molecule has 0 atom stereocenters. The first kappa shape index (κ1) is 12.5. The molecule has 0 saturated heterocycles. The van der Waals surface area contributed by atoms with Crippen molar-refractivity contribution in [3.05, 3.63) is 71.2 Å². The molecule has 0 N–H and O–H groups in total. The lowest BCUT2D eigenvalue weighted by atomic mass is 10.1. The second-order valence-corrected chi connectivity index (χ2v) is 5.74. The number of fused-ring (bicyclic) bond motifs is 2. The van der Waals surface area contributed by atoms with E-state index in [0.29, 0.717) is 0 Å². The van der Waals surface area contributed by atoms with E-state index in [1.165, 1.54) is 0 Å². The van der Waals surface area contributed by atoms with Crippen LogP contribution in [0.2, 0.25) is 0 Å². The second-order valence-electron chi connectivity index (χ2n) is 4.82. The molecule has 1 heterocycles. The molecule has 4 rings (SSSR count). The van der Waals surface area contributed by atoms with Crippen LogP contribution in [-0.4, -0.2) is 0 Å². The van der Waals surface area contributed by atoms with Crippen molar-refractivity contribution in [1.29, 1.82) is 0 Å². The summed E-state index contributed by atoms with van der Waals surface area (Å²) in [5.41, 5.74) is 2.27. The predicted molar refractivity (Wildman–Crippen MR) is 86.2 cm³/mol. The standard InChI is InChI=1S/C18H11BrO2/c19-14-7-9-16-18(11-14)21-15-8-6-13(10-17(15)20-16)12-4-2-1-3-5-12/h1-11H. The molecule has 1 aliphatic rings. The molecule has 0 aromatic heterocycles. The number of benzene rings is 3. The van der Waals surface area contributed by atoms with Crippen LogP contribution in [0, 0.1) is 0 Å². The van der Waals surface area contributed by atoms with Gasteiger partial charge in [-0.2, -0.15) is 0 Å². The van der Waals surface area contributed by atoms with Gasteiger partial charge in [-0.05, 0) is 41.5 Å². The summed E-state index contributed by atoms with van der Waals surface area (Å²) in [4.78, 5) is 0. The summed E-state index contributed by atoms with van der Waals surface area (Å²) < 4.78 is 12.8. The first-order valence-corrected chi connectivity index (χ1v) is 7.44. The van der Waals surface area contributed by atoms with Crippen LogP contribution in [0.4, 0.5) is 0 Å². The smallest absolute Gasteiger partial charge is 0.171 e. The molecule has 0 amide bonds. The molecule has 0 radical (unpaired) electrons. The molecular weight excluding hydrogens is 328 g/mol. The molecule has 0 aliphatic carbocycles. The van der Waals surface area contributed by atoms with Crippen LogP contribution in [-0.2, 0) is 0 Å². The zero-order chi connectivity index (χ0) is 14.2. The van der Waals surface area contributed by atoms with Gasteiger partial charge in [0, 0.05) is 4.47 Å². The van der Waals surface area contributed by atoms with E-state index < -0.39 is 0 Å². The average molecular weight is 339 g/mol. The van der Waals surface area contributed by atoms with Gasteiger partial charge in [-0.1, -0.05) is 52.3 Å². The number of halogens is 1. The first-order chi connectivity index (χ1) is 10.3. The lowest BCUT2D eigenvalue weighted by molar-refractivity contribution is 0.359. The summed E-state index contributed by atoms with van der Waals surface area (Å²) in [6.45, 7) is 0. The lowest BCUT2D eigenvalue weighted by Crippen LogP contribution is -1.98. The highest BCUT2D eigenvalue weighted by Crippen LogP contribution is 2.47. The molecule has 1 aliphatic heterocycles. The Morgan fingerprint density at radius 2 is 1.24 bits per heavy atom. The molecule has 0 bridgehead atoms. The SMILES string of the molecule is Brc1ccc2c(c1)Oc1ccc(-c3ccccc3)cc1O2. The normalized spacial score (nSPS) is 11.9. The Balaban J connectivity index is 1.75. The monoisotopic (exact) mass is 338 g/mol. The number of hydrogen-bond acceptors (Lipinski definition) is 2. The number of rotatable bonds is 1. The molecule has 102 valence electrons. The summed E-state index contributed by atoms with van der Waals surface area (Å²) in [5, 5.41) is 0. The van der Waals surface area contributed by atoms with Crippen molar-refractivity contribution in [3.63, 3.8) is 0 Å². The van der Waals surface area contributed by atoms with Crippen LogP contribution in [0.5, 0.6) is 23.0 Å². The summed E-state index contributed by atoms with van der Waals surface area (Å²) in [6.07, 6.45) is 0. The van der Waals surface area contributed by atoms with E-state index in [9.17, 15) is 0 Å². The summed E-state index contributed by atoms with van der Waals surface area (Å²) in [7, 11) is 0. The van der Waals surface area contributed by atoms with Gasteiger partial charge < -0.3 is 9.47 Å². The molecule has 3 heteroatoms. The maximum atomic E-state index is 5.95. The van der Waals surface area contributed by atoms with Crippen molar-refractivity contribution in [3.8, 4) is 34.1 Å². The Kier molecular flexibility index (Phi) is 2.93. The zero-order valence-electron chi connectivity index (χ0n) is 11.0. The van der Waals surface area contributed by atoms with Crippen molar-refractivity contribution in [2.45, 2.75) is 0 Å². The minimum Gasteiger partial charge on any atom is -0.449 e. The largest absolute Gasteiger partial charge is 0.449 e. The maximum Gasteiger partial charge on any atom is 0.171 e. The van der Waals surface area contributed by atoms with E-state index in [0.717, 1.165) is 38.6 Å². The van der Waals surface area contributed by atoms with Crippen molar-refractivity contribution in [2.24, 2.45) is 0 Å². The highest BCUT2D eigenvalue weighted by atomic mass is 79.9. The summed E-state index contributed by atoms with van der Waals surface area (Å²) >= 11 is 3.44. The van der Waals surface area contributed by atoms with Crippen LogP contribution in [0.1, 0.15) is 0 Å². The Bertz CT molecular complexity index is 813. The molecule has 3 aromatic carbocycles. The van der Waals surface area contributed by atoms with Gasteiger partial charge >= 0.3 is 0 Å². The Morgan fingerprint density at radius 3 is 2.00 bits per heavy atom. The predicted octanol–water partition coefficient (Wildman–Crippen LogP) is 6.01. The van der Waals surface area contributed by atoms with Gasteiger partial charge in [0.2, 0.25) is 0 Å². The highest BCUT2D eigenvalue weighted by Gasteiger charge is 2.19. The van der Waals surface area contributed by atoms with Crippen LogP contribution >= 0.6 is 15.9 Å². The third kappa shape index (κ3) is 2.30. The quantitative estimate of drug-likeness (QED) is 0.422. The van der Waals surface area contributed by atoms with E-state index in [2.05, 4.69) is 28.1 Å². The van der Waals surface area contributed by atoms with Gasteiger partial charge in [0.05, 0.1) is 0 Å². The molecule has 0 unspecified atom stereocenters. The van der Waals surface area contributed by atoms with Crippen molar-refractivity contribution < 1.29 is 9.47 Å². The van der Waals surface area contributed by atoms with Crippen LogP contribution in [0.25, 0.3) is 11.1 Å². The van der Waals surface area contributed by atoms with E-state index >= 15 is 0 Å². The van der Waals surface area contributed by atoms with Crippen molar-refractivity contribution in [1.82, 2.24) is 0 Å². The minimum atomic E-state index is 0.726. The van der Waals surface area contributed by atoms with Gasteiger partial charge in [0.1, 0.15) is 0 Å². The van der Waals surface area contributed by atoms with Crippen LogP contribution < -0.4 is 9.47 Å².